The number of amides is 1. The molecule has 0 aliphatic heterocycles. The van der Waals surface area contributed by atoms with Crippen LogP contribution in [0.3, 0.4) is 0 Å². The number of nitrogens with one attached hydrogen (secondary N) is 1. The fourth-order valence-corrected chi connectivity index (χ4v) is 0.810. The van der Waals surface area contributed by atoms with E-state index < -0.39 is 36.1 Å². The van der Waals surface area contributed by atoms with Crippen molar-refractivity contribution >= 4 is 18.0 Å². The molecule has 0 saturated carbocycles. The fraction of sp³-hybridized carbons (Fsp3) is 0.667. The van der Waals surface area contributed by atoms with E-state index in [0.29, 0.717) is 0 Å². The summed E-state index contributed by atoms with van der Waals surface area (Å²) in [7, 11) is 0. The van der Waals surface area contributed by atoms with Crippen LogP contribution in [0.15, 0.2) is 0 Å². The summed E-state index contributed by atoms with van der Waals surface area (Å²) >= 11 is 0. The second-order valence-electron chi connectivity index (χ2n) is 4.09. The molecule has 7 nitrogen and oxygen atoms in total. The van der Waals surface area contributed by atoms with Crippen molar-refractivity contribution in [2.24, 2.45) is 0 Å². The number of aliphatic carboxylic acids is 2. The predicted molar refractivity (Wildman–Crippen MR) is 47.8 cm³/mol. The molecule has 0 heterocycles. The average Bonchev–Trinajstić information content (AvgIpc) is 1.97. The maximum atomic E-state index is 11.1. The minimum absolute atomic E-state index is 0.804. The van der Waals surface area contributed by atoms with Crippen molar-refractivity contribution in [3.63, 3.8) is 0 Å². The average molecular weight is 231 g/mol. The summed E-state index contributed by atoms with van der Waals surface area (Å²) in [5, 5.41) is 22.5. The van der Waals surface area contributed by atoms with Crippen molar-refractivity contribution in [1.82, 2.24) is 5.32 Å². The summed E-state index contributed by atoms with van der Waals surface area (Å²) in [6.07, 6.45) is -1.90. The summed E-state index contributed by atoms with van der Waals surface area (Å²) in [4.78, 5) is 31.8. The molecule has 0 spiro atoms. The highest BCUT2D eigenvalue weighted by Gasteiger charge is 2.20. The number of hydrogen-bond acceptors (Lipinski definition) is 6. The Balaban J connectivity index is 4.35. The van der Waals surface area contributed by atoms with Crippen LogP contribution in [0.5, 0.6) is 0 Å². The van der Waals surface area contributed by atoms with Crippen LogP contribution in [0.4, 0.5) is 4.79 Å². The number of carbonyl (C=O) groups is 3. The Labute approximate surface area is 92.4 Å². The lowest BCUT2D eigenvalue weighted by molar-refractivity contribution is -0.317. The molecule has 7 heteroatoms. The molecule has 1 amide bonds. The van der Waals surface area contributed by atoms with Gasteiger partial charge in [0.1, 0.15) is 5.60 Å². The normalized spacial score (nSPS) is 12.7. The Hall–Kier alpha value is -1.79. The minimum atomic E-state index is -1.71. The van der Waals surface area contributed by atoms with Gasteiger partial charge in [0, 0.05) is 12.4 Å². The van der Waals surface area contributed by atoms with Gasteiger partial charge < -0.3 is 29.9 Å². The molecule has 0 radical (unpaired) electrons. The van der Waals surface area contributed by atoms with Crippen molar-refractivity contribution in [2.75, 3.05) is 0 Å². The van der Waals surface area contributed by atoms with E-state index in [4.69, 9.17) is 4.74 Å². The van der Waals surface area contributed by atoms with E-state index in [9.17, 15) is 24.6 Å². The first-order valence-electron chi connectivity index (χ1n) is 4.52. The third-order valence-corrected chi connectivity index (χ3v) is 1.35. The predicted octanol–water partition coefficient (Wildman–Crippen LogP) is -2.23. The van der Waals surface area contributed by atoms with E-state index in [-0.39, 0.29) is 0 Å². The van der Waals surface area contributed by atoms with Gasteiger partial charge in [0.25, 0.3) is 0 Å². The summed E-state index contributed by atoms with van der Waals surface area (Å²) in [6, 6.07) is -1.67. The van der Waals surface area contributed by atoms with Gasteiger partial charge in [-0.2, -0.15) is 0 Å². The third kappa shape index (κ3) is 6.63. The van der Waals surface area contributed by atoms with Gasteiger partial charge in [-0.05, 0) is 20.8 Å². The van der Waals surface area contributed by atoms with E-state index in [1.165, 1.54) is 0 Å². The number of carboxylic acid groups (broad SMARTS) is 2. The van der Waals surface area contributed by atoms with Gasteiger partial charge in [-0.15, -0.1) is 0 Å². The van der Waals surface area contributed by atoms with Crippen LogP contribution < -0.4 is 15.5 Å². The maximum Gasteiger partial charge on any atom is 0.408 e. The topological polar surface area (TPSA) is 119 Å². The Morgan fingerprint density at radius 2 is 1.75 bits per heavy atom. The zero-order chi connectivity index (χ0) is 12.9. The van der Waals surface area contributed by atoms with E-state index in [2.05, 4.69) is 0 Å². The highest BCUT2D eigenvalue weighted by molar-refractivity contribution is 5.83. The first-order chi connectivity index (χ1) is 7.11. The van der Waals surface area contributed by atoms with Crippen LogP contribution in [0, 0.1) is 0 Å². The molecule has 0 aliphatic rings. The molecule has 0 unspecified atom stereocenters. The quantitative estimate of drug-likeness (QED) is 0.584. The molecule has 1 N–H and O–H groups in total. The van der Waals surface area contributed by atoms with Gasteiger partial charge >= 0.3 is 6.09 Å². The molecule has 0 bridgehead atoms. The van der Waals surface area contributed by atoms with Gasteiger partial charge in [0.2, 0.25) is 0 Å². The van der Waals surface area contributed by atoms with E-state index in [0.717, 1.165) is 0 Å². The highest BCUT2D eigenvalue weighted by atomic mass is 16.6. The molecule has 92 valence electrons. The molecular formula is C9H13NO6-2. The van der Waals surface area contributed by atoms with Gasteiger partial charge in [0.05, 0.1) is 12.0 Å². The second kappa shape index (κ2) is 5.34. The van der Waals surface area contributed by atoms with Crippen LogP contribution in [0.25, 0.3) is 0 Å². The van der Waals surface area contributed by atoms with Crippen molar-refractivity contribution in [1.29, 1.82) is 0 Å². The highest BCUT2D eigenvalue weighted by Crippen LogP contribution is 2.06. The number of rotatable bonds is 4. The third-order valence-electron chi connectivity index (χ3n) is 1.35. The van der Waals surface area contributed by atoms with Crippen molar-refractivity contribution in [3.05, 3.63) is 0 Å². The Bertz CT molecular complexity index is 293. The van der Waals surface area contributed by atoms with Gasteiger partial charge in [-0.25, -0.2) is 4.79 Å². The SMILES string of the molecule is CC(C)(C)OC(=O)N[C@@H](CC(=O)[O-])C(=O)[O-]. The first kappa shape index (κ1) is 14.2. The summed E-state index contributed by atoms with van der Waals surface area (Å²) in [6.45, 7) is 4.75. The Morgan fingerprint density at radius 1 is 1.25 bits per heavy atom. The Morgan fingerprint density at radius 3 is 2.06 bits per heavy atom. The van der Waals surface area contributed by atoms with Crippen LogP contribution in [0.2, 0.25) is 0 Å². The van der Waals surface area contributed by atoms with Gasteiger partial charge in [0.15, 0.2) is 0 Å². The Kier molecular flexibility index (Phi) is 4.74. The molecule has 0 aromatic heterocycles. The smallest absolute Gasteiger partial charge is 0.408 e. The number of carbonyl (C=O) groups excluding carboxylic acids is 3. The second-order valence-corrected chi connectivity index (χ2v) is 4.09. The van der Waals surface area contributed by atoms with Gasteiger partial charge in [-0.1, -0.05) is 0 Å². The molecule has 1 atom stereocenters. The van der Waals surface area contributed by atoms with Crippen LogP contribution in [-0.2, 0) is 14.3 Å². The molecule has 16 heavy (non-hydrogen) atoms. The molecule has 0 saturated heterocycles. The molecule has 0 aromatic rings. The lowest BCUT2D eigenvalue weighted by atomic mass is 10.2. The first-order valence-corrected chi connectivity index (χ1v) is 4.52. The van der Waals surface area contributed by atoms with E-state index >= 15 is 0 Å². The van der Waals surface area contributed by atoms with Crippen molar-refractivity contribution in [3.8, 4) is 0 Å². The lowest BCUT2D eigenvalue weighted by Crippen LogP contribution is -2.51. The minimum Gasteiger partial charge on any atom is -0.550 e. The van der Waals surface area contributed by atoms with Crippen LogP contribution in [0.1, 0.15) is 27.2 Å². The zero-order valence-corrected chi connectivity index (χ0v) is 9.23. The van der Waals surface area contributed by atoms with E-state index in [1.807, 2.05) is 5.32 Å². The largest absolute Gasteiger partial charge is 0.550 e. The van der Waals surface area contributed by atoms with Crippen LogP contribution in [-0.4, -0.2) is 29.7 Å². The number of alkyl carbamates (subject to hydrolysis) is 1. The van der Waals surface area contributed by atoms with Crippen molar-refractivity contribution in [2.45, 2.75) is 38.8 Å². The zero-order valence-electron chi connectivity index (χ0n) is 9.23. The standard InChI is InChI=1S/C9H15NO6/c1-9(2,3)16-8(15)10-5(7(13)14)4-6(11)12/h5H,4H2,1-3H3,(H,10,15)(H,11,12)(H,13,14)/p-2/t5-/m0/s1. The molecular weight excluding hydrogens is 218 g/mol. The van der Waals surface area contributed by atoms with Crippen molar-refractivity contribution < 1.29 is 29.3 Å². The summed E-state index contributed by atoms with van der Waals surface area (Å²) in [5.74, 6) is -3.32. The monoisotopic (exact) mass is 231 g/mol. The summed E-state index contributed by atoms with van der Waals surface area (Å²) < 4.78 is 4.75. The lowest BCUT2D eigenvalue weighted by Gasteiger charge is -2.24. The van der Waals surface area contributed by atoms with Gasteiger partial charge in [-0.3, -0.25) is 0 Å². The molecule has 0 rings (SSSR count). The number of hydrogen-bond donors (Lipinski definition) is 1. The van der Waals surface area contributed by atoms with Crippen LogP contribution >= 0.6 is 0 Å². The molecule has 0 aliphatic carbocycles. The molecule has 0 fully saturated rings. The number of ether oxygens (including phenoxy) is 1. The maximum absolute atomic E-state index is 11.1. The van der Waals surface area contributed by atoms with E-state index in [1.54, 1.807) is 20.8 Å². The summed E-state index contributed by atoms with van der Waals surface area (Å²) in [5.41, 5.74) is -0.804. The molecule has 0 aromatic carbocycles. The fourth-order valence-electron chi connectivity index (χ4n) is 0.810. The number of carboxylic acids is 2.